The van der Waals surface area contributed by atoms with Crippen LogP contribution in [0, 0.1) is 11.3 Å². The summed E-state index contributed by atoms with van der Waals surface area (Å²) in [4.78, 5) is 11.4. The molecular weight excluding hydrogens is 282 g/mol. The van der Waals surface area contributed by atoms with E-state index in [1.54, 1.807) is 6.92 Å². The summed E-state index contributed by atoms with van der Waals surface area (Å²) in [5.41, 5.74) is 1.94. The van der Waals surface area contributed by atoms with Crippen molar-refractivity contribution in [3.05, 3.63) is 33.8 Å². The Balaban J connectivity index is 2.86. The lowest BCUT2D eigenvalue weighted by Gasteiger charge is -2.09. The fraction of sp³-hybridized carbons (Fsp3) is 0.385. The van der Waals surface area contributed by atoms with Crippen LogP contribution in [0.5, 0.6) is 0 Å². The summed E-state index contributed by atoms with van der Waals surface area (Å²) < 4.78 is 5.87. The zero-order chi connectivity index (χ0) is 12.7. The van der Waals surface area contributed by atoms with E-state index >= 15 is 0 Å². The summed E-state index contributed by atoms with van der Waals surface area (Å²) in [5, 5.41) is 8.62. The standard InChI is InChI=1S/C13H14BrNO2/c1-2-17-13(16)9-10-5-3-7-12(14)11(10)6-4-8-15/h3,5,7H,2,4,6,9H2,1H3. The molecule has 90 valence electrons. The number of rotatable bonds is 5. The molecule has 0 aliphatic heterocycles. The van der Waals surface area contributed by atoms with Gasteiger partial charge in [0.1, 0.15) is 0 Å². The predicted molar refractivity (Wildman–Crippen MR) is 68.4 cm³/mol. The molecule has 0 unspecified atom stereocenters. The number of hydrogen-bond donors (Lipinski definition) is 0. The van der Waals surface area contributed by atoms with E-state index in [1.165, 1.54) is 0 Å². The van der Waals surface area contributed by atoms with Crippen molar-refractivity contribution in [1.82, 2.24) is 0 Å². The maximum absolute atomic E-state index is 11.4. The number of nitriles is 1. The third kappa shape index (κ3) is 4.20. The first-order valence-electron chi connectivity index (χ1n) is 5.47. The summed E-state index contributed by atoms with van der Waals surface area (Å²) >= 11 is 3.44. The molecule has 0 saturated carbocycles. The average molecular weight is 296 g/mol. The number of esters is 1. The smallest absolute Gasteiger partial charge is 0.310 e. The fourth-order valence-corrected chi connectivity index (χ4v) is 2.20. The summed E-state index contributed by atoms with van der Waals surface area (Å²) in [7, 11) is 0. The second-order valence-corrected chi connectivity index (χ2v) is 4.37. The number of hydrogen-bond acceptors (Lipinski definition) is 3. The Hall–Kier alpha value is -1.34. The van der Waals surface area contributed by atoms with Crippen molar-refractivity contribution in [2.45, 2.75) is 26.2 Å². The van der Waals surface area contributed by atoms with Crippen LogP contribution in [0.25, 0.3) is 0 Å². The van der Waals surface area contributed by atoms with Gasteiger partial charge in [0.05, 0.1) is 19.1 Å². The highest BCUT2D eigenvalue weighted by molar-refractivity contribution is 9.10. The van der Waals surface area contributed by atoms with Gasteiger partial charge in [-0.3, -0.25) is 4.79 Å². The first-order valence-corrected chi connectivity index (χ1v) is 6.27. The zero-order valence-electron chi connectivity index (χ0n) is 9.70. The highest BCUT2D eigenvalue weighted by Gasteiger charge is 2.11. The van der Waals surface area contributed by atoms with Gasteiger partial charge in [-0.2, -0.15) is 5.26 Å². The van der Waals surface area contributed by atoms with Crippen molar-refractivity contribution in [3.8, 4) is 6.07 Å². The quantitative estimate of drug-likeness (QED) is 0.785. The van der Waals surface area contributed by atoms with Crippen molar-refractivity contribution in [3.63, 3.8) is 0 Å². The van der Waals surface area contributed by atoms with Crippen LogP contribution in [0.3, 0.4) is 0 Å². The highest BCUT2D eigenvalue weighted by atomic mass is 79.9. The van der Waals surface area contributed by atoms with E-state index in [1.807, 2.05) is 18.2 Å². The number of benzene rings is 1. The summed E-state index contributed by atoms with van der Waals surface area (Å²) in [5.74, 6) is -0.233. The molecule has 1 aromatic carbocycles. The van der Waals surface area contributed by atoms with Crippen LogP contribution in [0.2, 0.25) is 0 Å². The molecule has 0 aromatic heterocycles. The molecule has 0 fully saturated rings. The summed E-state index contributed by atoms with van der Waals surface area (Å²) in [6, 6.07) is 7.81. The van der Waals surface area contributed by atoms with E-state index in [0.29, 0.717) is 19.4 Å². The molecule has 17 heavy (non-hydrogen) atoms. The van der Waals surface area contributed by atoms with Crippen LogP contribution in [-0.4, -0.2) is 12.6 Å². The lowest BCUT2D eigenvalue weighted by molar-refractivity contribution is -0.142. The van der Waals surface area contributed by atoms with E-state index < -0.39 is 0 Å². The minimum Gasteiger partial charge on any atom is -0.466 e. The second-order valence-electron chi connectivity index (χ2n) is 3.52. The fourth-order valence-electron chi connectivity index (χ4n) is 1.60. The molecule has 0 radical (unpaired) electrons. The lowest BCUT2D eigenvalue weighted by Crippen LogP contribution is -2.09. The Morgan fingerprint density at radius 2 is 2.29 bits per heavy atom. The van der Waals surface area contributed by atoms with Gasteiger partial charge in [0, 0.05) is 10.9 Å². The monoisotopic (exact) mass is 295 g/mol. The number of carbonyl (C=O) groups is 1. The van der Waals surface area contributed by atoms with Gasteiger partial charge in [-0.05, 0) is 30.5 Å². The zero-order valence-corrected chi connectivity index (χ0v) is 11.3. The molecule has 0 bridgehead atoms. The maximum Gasteiger partial charge on any atom is 0.310 e. The van der Waals surface area contributed by atoms with Gasteiger partial charge in [-0.25, -0.2) is 0 Å². The van der Waals surface area contributed by atoms with E-state index in [2.05, 4.69) is 22.0 Å². The van der Waals surface area contributed by atoms with Gasteiger partial charge in [-0.1, -0.05) is 28.1 Å². The Kier molecular flexibility index (Phi) is 5.71. The Morgan fingerprint density at radius 3 is 2.94 bits per heavy atom. The van der Waals surface area contributed by atoms with Crippen molar-refractivity contribution in [2.24, 2.45) is 0 Å². The normalized spacial score (nSPS) is 9.71. The van der Waals surface area contributed by atoms with Crippen molar-refractivity contribution >= 4 is 21.9 Å². The molecule has 0 spiro atoms. The van der Waals surface area contributed by atoms with Crippen LogP contribution in [0.15, 0.2) is 22.7 Å². The Bertz CT molecular complexity index is 438. The summed E-state index contributed by atoms with van der Waals surface area (Å²) in [6.07, 6.45) is 1.35. The van der Waals surface area contributed by atoms with E-state index in [0.717, 1.165) is 15.6 Å². The maximum atomic E-state index is 11.4. The minimum atomic E-state index is -0.233. The average Bonchev–Trinajstić information content (AvgIpc) is 2.28. The van der Waals surface area contributed by atoms with E-state index in [4.69, 9.17) is 10.00 Å². The van der Waals surface area contributed by atoms with Crippen LogP contribution < -0.4 is 0 Å². The third-order valence-electron chi connectivity index (χ3n) is 2.34. The summed E-state index contributed by atoms with van der Waals surface area (Å²) in [6.45, 7) is 2.18. The molecule has 0 amide bonds. The van der Waals surface area contributed by atoms with Crippen LogP contribution in [0.1, 0.15) is 24.5 Å². The molecule has 0 heterocycles. The van der Waals surface area contributed by atoms with Gasteiger partial charge in [0.25, 0.3) is 0 Å². The van der Waals surface area contributed by atoms with Gasteiger partial charge < -0.3 is 4.74 Å². The van der Waals surface area contributed by atoms with Crippen LogP contribution >= 0.6 is 15.9 Å². The number of carbonyl (C=O) groups excluding carboxylic acids is 1. The van der Waals surface area contributed by atoms with Crippen molar-refractivity contribution < 1.29 is 9.53 Å². The van der Waals surface area contributed by atoms with Gasteiger partial charge in [0.15, 0.2) is 0 Å². The Labute approximate surface area is 110 Å². The minimum absolute atomic E-state index is 0.233. The number of ether oxygens (including phenoxy) is 1. The Morgan fingerprint density at radius 1 is 1.53 bits per heavy atom. The molecule has 1 rings (SSSR count). The molecule has 0 N–H and O–H groups in total. The molecule has 0 saturated heterocycles. The van der Waals surface area contributed by atoms with E-state index in [9.17, 15) is 4.79 Å². The highest BCUT2D eigenvalue weighted by Crippen LogP contribution is 2.22. The molecule has 1 aromatic rings. The predicted octanol–water partition coefficient (Wildman–Crippen LogP) is 3.01. The van der Waals surface area contributed by atoms with Crippen LogP contribution in [0.4, 0.5) is 0 Å². The largest absolute Gasteiger partial charge is 0.466 e. The molecule has 3 nitrogen and oxygen atoms in total. The van der Waals surface area contributed by atoms with Crippen LogP contribution in [-0.2, 0) is 22.4 Å². The molecule has 4 heteroatoms. The topological polar surface area (TPSA) is 50.1 Å². The van der Waals surface area contributed by atoms with Gasteiger partial charge in [-0.15, -0.1) is 0 Å². The van der Waals surface area contributed by atoms with Crippen molar-refractivity contribution in [1.29, 1.82) is 5.26 Å². The molecule has 0 aliphatic carbocycles. The molecule has 0 aliphatic rings. The first-order chi connectivity index (χ1) is 8.19. The number of nitrogens with zero attached hydrogens (tertiary/aromatic N) is 1. The molecule has 0 atom stereocenters. The third-order valence-corrected chi connectivity index (χ3v) is 3.09. The first kappa shape index (κ1) is 13.7. The second kappa shape index (κ2) is 7.08. The van der Waals surface area contributed by atoms with Crippen molar-refractivity contribution in [2.75, 3.05) is 6.61 Å². The van der Waals surface area contributed by atoms with Gasteiger partial charge >= 0.3 is 5.97 Å². The SMILES string of the molecule is CCOC(=O)Cc1cccc(Br)c1CCC#N. The number of halogens is 1. The lowest BCUT2D eigenvalue weighted by atomic mass is 10.0. The van der Waals surface area contributed by atoms with Gasteiger partial charge in [0.2, 0.25) is 0 Å². The molecular formula is C13H14BrNO2. The van der Waals surface area contributed by atoms with E-state index in [-0.39, 0.29) is 12.4 Å².